The van der Waals surface area contributed by atoms with Gasteiger partial charge in [0.25, 0.3) is 5.69 Å². The number of non-ortho nitro benzene ring substituents is 1. The maximum atomic E-state index is 11.6. The van der Waals surface area contributed by atoms with Crippen molar-refractivity contribution in [1.29, 1.82) is 0 Å². The zero-order valence-electron chi connectivity index (χ0n) is 11.8. The molecule has 21 heavy (non-hydrogen) atoms. The first-order valence-electron chi connectivity index (χ1n) is 6.52. The van der Waals surface area contributed by atoms with Crippen LogP contribution in [-0.2, 0) is 9.59 Å². The number of hydrogen-bond acceptors (Lipinski definition) is 4. The number of benzene rings is 1. The molecule has 1 unspecified atom stereocenters. The molecule has 1 aromatic rings. The van der Waals surface area contributed by atoms with Crippen molar-refractivity contribution in [1.82, 2.24) is 0 Å². The number of rotatable bonds is 7. The molecule has 7 heteroatoms. The third-order valence-electron chi connectivity index (χ3n) is 3.83. The number of carboxylic acid groups (broad SMARTS) is 2. The third-order valence-corrected chi connectivity index (χ3v) is 3.83. The Morgan fingerprint density at radius 3 is 1.95 bits per heavy atom. The maximum Gasteiger partial charge on any atom is 0.321 e. The number of hydrogen-bond donors (Lipinski definition) is 2. The zero-order chi connectivity index (χ0) is 16.2. The summed E-state index contributed by atoms with van der Waals surface area (Å²) in [5.41, 5.74) is -1.60. The van der Waals surface area contributed by atoms with E-state index in [1.807, 2.05) is 0 Å². The summed E-state index contributed by atoms with van der Waals surface area (Å²) in [7, 11) is 0. The van der Waals surface area contributed by atoms with E-state index in [1.54, 1.807) is 6.92 Å². The van der Waals surface area contributed by atoms with Crippen molar-refractivity contribution in [3.63, 3.8) is 0 Å². The first-order chi connectivity index (χ1) is 9.81. The molecule has 0 fully saturated rings. The van der Waals surface area contributed by atoms with Crippen LogP contribution >= 0.6 is 0 Å². The van der Waals surface area contributed by atoms with E-state index in [1.165, 1.54) is 31.2 Å². The van der Waals surface area contributed by atoms with E-state index in [-0.39, 0.29) is 12.1 Å². The summed E-state index contributed by atoms with van der Waals surface area (Å²) in [4.78, 5) is 33.2. The highest BCUT2D eigenvalue weighted by Gasteiger charge is 2.51. The SMILES string of the molecule is CCC(c1ccc([N+](=O)[O-])cc1)C(CC)(C(=O)O)C(=O)O. The molecular formula is C14H17NO6. The van der Waals surface area contributed by atoms with Gasteiger partial charge in [0.1, 0.15) is 0 Å². The molecule has 0 aliphatic carbocycles. The summed E-state index contributed by atoms with van der Waals surface area (Å²) in [5, 5.41) is 29.5. The molecule has 0 spiro atoms. The van der Waals surface area contributed by atoms with Gasteiger partial charge in [-0.2, -0.15) is 0 Å². The van der Waals surface area contributed by atoms with Gasteiger partial charge in [-0.1, -0.05) is 26.0 Å². The molecule has 0 saturated heterocycles. The second kappa shape index (κ2) is 6.34. The van der Waals surface area contributed by atoms with Gasteiger partial charge in [-0.3, -0.25) is 19.7 Å². The van der Waals surface area contributed by atoms with Crippen molar-refractivity contribution in [2.24, 2.45) is 5.41 Å². The first-order valence-corrected chi connectivity index (χ1v) is 6.52. The smallest absolute Gasteiger partial charge is 0.321 e. The Hall–Kier alpha value is -2.44. The maximum absolute atomic E-state index is 11.6. The minimum absolute atomic E-state index is 0.0762. The number of nitro groups is 1. The molecule has 7 nitrogen and oxygen atoms in total. The molecule has 0 saturated carbocycles. The lowest BCUT2D eigenvalue weighted by molar-refractivity contribution is -0.384. The average molecular weight is 295 g/mol. The van der Waals surface area contributed by atoms with Crippen molar-refractivity contribution < 1.29 is 24.7 Å². The lowest BCUT2D eigenvalue weighted by Gasteiger charge is -2.32. The molecule has 0 aliphatic rings. The number of carboxylic acids is 2. The Morgan fingerprint density at radius 1 is 1.19 bits per heavy atom. The topological polar surface area (TPSA) is 118 Å². The summed E-state index contributed by atoms with van der Waals surface area (Å²) < 4.78 is 0. The van der Waals surface area contributed by atoms with Crippen LogP contribution in [0.1, 0.15) is 38.2 Å². The van der Waals surface area contributed by atoms with Gasteiger partial charge in [-0.25, -0.2) is 0 Å². The second-order valence-corrected chi connectivity index (χ2v) is 4.74. The van der Waals surface area contributed by atoms with Crippen LogP contribution in [0.15, 0.2) is 24.3 Å². The van der Waals surface area contributed by atoms with E-state index in [2.05, 4.69) is 0 Å². The Morgan fingerprint density at radius 2 is 1.67 bits per heavy atom. The van der Waals surface area contributed by atoms with E-state index in [0.717, 1.165) is 0 Å². The Balaban J connectivity index is 3.36. The van der Waals surface area contributed by atoms with E-state index < -0.39 is 28.2 Å². The van der Waals surface area contributed by atoms with Crippen LogP contribution in [0.25, 0.3) is 0 Å². The van der Waals surface area contributed by atoms with E-state index in [9.17, 15) is 29.9 Å². The summed E-state index contributed by atoms with van der Waals surface area (Å²) in [6.07, 6.45) is 0.220. The molecule has 0 amide bonds. The van der Waals surface area contributed by atoms with Crippen LogP contribution in [0.5, 0.6) is 0 Å². The molecule has 2 N–H and O–H groups in total. The van der Waals surface area contributed by atoms with Crippen LogP contribution in [0, 0.1) is 15.5 Å². The van der Waals surface area contributed by atoms with Crippen molar-refractivity contribution in [3.05, 3.63) is 39.9 Å². The van der Waals surface area contributed by atoms with Crippen molar-refractivity contribution in [2.75, 3.05) is 0 Å². The standard InChI is InChI=1S/C14H17NO6/c1-3-11(14(4-2,12(16)17)13(18)19)9-5-7-10(8-6-9)15(20)21/h5-8,11H,3-4H2,1-2H3,(H,16,17)(H,18,19). The summed E-state index contributed by atoms with van der Waals surface area (Å²) in [6, 6.07) is 5.34. The minimum atomic E-state index is -1.94. The van der Waals surface area contributed by atoms with Gasteiger partial charge in [0, 0.05) is 18.1 Å². The highest BCUT2D eigenvalue weighted by molar-refractivity contribution is 5.99. The number of aliphatic carboxylic acids is 2. The van der Waals surface area contributed by atoms with Crippen molar-refractivity contribution in [3.8, 4) is 0 Å². The Bertz CT molecular complexity index is 537. The molecule has 114 valence electrons. The fraction of sp³-hybridized carbons (Fsp3) is 0.429. The van der Waals surface area contributed by atoms with E-state index >= 15 is 0 Å². The summed E-state index contributed by atoms with van der Waals surface area (Å²) in [5.74, 6) is -3.57. The highest BCUT2D eigenvalue weighted by atomic mass is 16.6. The number of nitrogens with zero attached hydrogens (tertiary/aromatic N) is 1. The van der Waals surface area contributed by atoms with Crippen LogP contribution < -0.4 is 0 Å². The van der Waals surface area contributed by atoms with Gasteiger partial charge in [-0.05, 0) is 18.4 Å². The quantitative estimate of drug-likeness (QED) is 0.453. The predicted octanol–water partition coefficient (Wildman–Crippen LogP) is 2.65. The molecule has 1 aromatic carbocycles. The summed E-state index contributed by atoms with van der Waals surface area (Å²) >= 11 is 0. The fourth-order valence-electron chi connectivity index (χ4n) is 2.64. The molecule has 1 atom stereocenters. The highest BCUT2D eigenvalue weighted by Crippen LogP contribution is 2.42. The Labute approximate surface area is 121 Å². The molecule has 1 rings (SSSR count). The van der Waals surface area contributed by atoms with Gasteiger partial charge >= 0.3 is 11.9 Å². The van der Waals surface area contributed by atoms with Gasteiger partial charge in [0.05, 0.1) is 4.92 Å². The molecule has 0 radical (unpaired) electrons. The first kappa shape index (κ1) is 16.6. The van der Waals surface area contributed by atoms with Crippen LogP contribution in [-0.4, -0.2) is 27.1 Å². The second-order valence-electron chi connectivity index (χ2n) is 4.74. The predicted molar refractivity (Wildman–Crippen MR) is 74.1 cm³/mol. The molecule has 0 aliphatic heterocycles. The molecular weight excluding hydrogens is 278 g/mol. The normalized spacial score (nSPS) is 12.7. The number of nitro benzene ring substituents is 1. The molecule has 0 heterocycles. The van der Waals surface area contributed by atoms with Gasteiger partial charge in [0.15, 0.2) is 5.41 Å². The zero-order valence-corrected chi connectivity index (χ0v) is 11.8. The van der Waals surface area contributed by atoms with Gasteiger partial charge in [-0.15, -0.1) is 0 Å². The molecule has 0 aromatic heterocycles. The largest absolute Gasteiger partial charge is 0.480 e. The summed E-state index contributed by atoms with van der Waals surface area (Å²) in [6.45, 7) is 3.21. The lowest BCUT2D eigenvalue weighted by Crippen LogP contribution is -2.44. The Kier molecular flexibility index (Phi) is 5.02. The third kappa shape index (κ3) is 2.86. The van der Waals surface area contributed by atoms with E-state index in [4.69, 9.17) is 0 Å². The number of carbonyl (C=O) groups is 2. The van der Waals surface area contributed by atoms with Gasteiger partial charge < -0.3 is 10.2 Å². The monoisotopic (exact) mass is 295 g/mol. The van der Waals surface area contributed by atoms with Gasteiger partial charge in [0.2, 0.25) is 0 Å². The van der Waals surface area contributed by atoms with Crippen molar-refractivity contribution >= 4 is 17.6 Å². The van der Waals surface area contributed by atoms with Crippen LogP contribution in [0.2, 0.25) is 0 Å². The van der Waals surface area contributed by atoms with Crippen LogP contribution in [0.4, 0.5) is 5.69 Å². The minimum Gasteiger partial charge on any atom is -0.480 e. The van der Waals surface area contributed by atoms with E-state index in [0.29, 0.717) is 12.0 Å². The molecule has 0 bridgehead atoms. The lowest BCUT2D eigenvalue weighted by atomic mass is 9.69. The average Bonchev–Trinajstić information content (AvgIpc) is 2.43. The fourth-order valence-corrected chi connectivity index (χ4v) is 2.64. The van der Waals surface area contributed by atoms with Crippen molar-refractivity contribution in [2.45, 2.75) is 32.6 Å². The van der Waals surface area contributed by atoms with Crippen LogP contribution in [0.3, 0.4) is 0 Å².